The van der Waals surface area contributed by atoms with Gasteiger partial charge in [0.25, 0.3) is 0 Å². The van der Waals surface area contributed by atoms with Crippen molar-refractivity contribution in [2.45, 2.75) is 20.8 Å². The molecule has 0 fully saturated rings. The van der Waals surface area contributed by atoms with Gasteiger partial charge in [0.05, 0.1) is 0 Å². The number of nitrogens with one attached hydrogen (secondary N) is 2. The van der Waals surface area contributed by atoms with E-state index in [0.29, 0.717) is 5.95 Å². The molecule has 3 rings (SSSR count). The summed E-state index contributed by atoms with van der Waals surface area (Å²) in [4.78, 5) is 9.05. The second-order valence-corrected chi connectivity index (χ2v) is 6.71. The van der Waals surface area contributed by atoms with Gasteiger partial charge < -0.3 is 10.6 Å². The highest BCUT2D eigenvalue weighted by Crippen LogP contribution is 2.23. The molecule has 0 radical (unpaired) electrons. The Morgan fingerprint density at radius 2 is 1.71 bits per heavy atom. The van der Waals surface area contributed by atoms with Gasteiger partial charge in [-0.2, -0.15) is 4.98 Å². The van der Waals surface area contributed by atoms with Crippen molar-refractivity contribution in [2.24, 2.45) is 0 Å². The van der Waals surface area contributed by atoms with Gasteiger partial charge in [-0.05, 0) is 50.6 Å². The fourth-order valence-electron chi connectivity index (χ4n) is 2.48. The molecule has 1 aromatic heterocycles. The Kier molecular flexibility index (Phi) is 4.81. The van der Waals surface area contributed by atoms with Crippen LogP contribution in [0.15, 0.2) is 53.0 Å². The molecule has 0 aliphatic carbocycles. The number of hydrogen-bond donors (Lipinski definition) is 2. The largest absolute Gasteiger partial charge is 0.340 e. The second-order valence-electron chi connectivity index (χ2n) is 5.80. The van der Waals surface area contributed by atoms with Gasteiger partial charge in [0.15, 0.2) is 0 Å². The zero-order chi connectivity index (χ0) is 17.1. The fraction of sp³-hybridized carbons (Fsp3) is 0.158. The van der Waals surface area contributed by atoms with Crippen LogP contribution in [0.3, 0.4) is 0 Å². The number of halogens is 1. The molecule has 5 heteroatoms. The van der Waals surface area contributed by atoms with Crippen molar-refractivity contribution in [3.8, 4) is 0 Å². The first-order valence-corrected chi connectivity index (χ1v) is 8.51. The number of benzene rings is 2. The van der Waals surface area contributed by atoms with Gasteiger partial charge in [0.1, 0.15) is 5.82 Å². The Balaban J connectivity index is 1.86. The van der Waals surface area contributed by atoms with Crippen LogP contribution in [-0.2, 0) is 0 Å². The molecule has 3 aromatic rings. The van der Waals surface area contributed by atoms with Gasteiger partial charge in [-0.3, -0.25) is 0 Å². The molecule has 0 unspecified atom stereocenters. The average molecular weight is 383 g/mol. The van der Waals surface area contributed by atoms with Crippen molar-refractivity contribution < 1.29 is 0 Å². The molecule has 2 aromatic carbocycles. The molecule has 24 heavy (non-hydrogen) atoms. The maximum absolute atomic E-state index is 4.57. The van der Waals surface area contributed by atoms with Crippen LogP contribution < -0.4 is 10.6 Å². The lowest BCUT2D eigenvalue weighted by Gasteiger charge is -2.12. The van der Waals surface area contributed by atoms with E-state index in [1.807, 2.05) is 37.3 Å². The summed E-state index contributed by atoms with van der Waals surface area (Å²) >= 11 is 3.48. The molecule has 122 valence electrons. The summed E-state index contributed by atoms with van der Waals surface area (Å²) in [5.41, 5.74) is 5.29. The van der Waals surface area contributed by atoms with E-state index in [1.54, 1.807) is 0 Å². The van der Waals surface area contributed by atoms with Crippen LogP contribution in [0.25, 0.3) is 0 Å². The van der Waals surface area contributed by atoms with E-state index < -0.39 is 0 Å². The highest BCUT2D eigenvalue weighted by molar-refractivity contribution is 9.10. The monoisotopic (exact) mass is 382 g/mol. The lowest BCUT2D eigenvalue weighted by molar-refractivity contribution is 1.10. The number of anilines is 4. The first kappa shape index (κ1) is 16.5. The quantitative estimate of drug-likeness (QED) is 0.611. The Hall–Kier alpha value is -2.40. The maximum atomic E-state index is 4.57. The topological polar surface area (TPSA) is 49.8 Å². The Labute approximate surface area is 150 Å². The third kappa shape index (κ3) is 4.11. The molecule has 0 spiro atoms. The van der Waals surface area contributed by atoms with Crippen LogP contribution in [0, 0.1) is 20.8 Å². The minimum atomic E-state index is 0.583. The minimum absolute atomic E-state index is 0.583. The van der Waals surface area contributed by atoms with E-state index in [4.69, 9.17) is 0 Å². The predicted molar refractivity (Wildman–Crippen MR) is 103 cm³/mol. The van der Waals surface area contributed by atoms with Gasteiger partial charge in [0.2, 0.25) is 5.95 Å². The Bertz CT molecular complexity index is 877. The van der Waals surface area contributed by atoms with Gasteiger partial charge in [-0.25, -0.2) is 4.98 Å². The fourth-order valence-corrected chi connectivity index (χ4v) is 2.88. The van der Waals surface area contributed by atoms with Crippen molar-refractivity contribution in [2.75, 3.05) is 10.6 Å². The van der Waals surface area contributed by atoms with Crippen LogP contribution in [0.5, 0.6) is 0 Å². The van der Waals surface area contributed by atoms with Crippen LogP contribution in [-0.4, -0.2) is 9.97 Å². The molecule has 0 saturated carbocycles. The molecule has 1 heterocycles. The standard InChI is InChI=1S/C19H19BrN4/c1-12-7-8-17(13(2)9-12)23-19-21-14(3)10-18(24-19)22-16-6-4-5-15(20)11-16/h4-11H,1-3H3,(H2,21,22,23,24). The molecule has 0 aliphatic rings. The molecular formula is C19H19BrN4. The molecule has 0 saturated heterocycles. The Morgan fingerprint density at radius 3 is 2.46 bits per heavy atom. The summed E-state index contributed by atoms with van der Waals surface area (Å²) in [5.74, 6) is 1.34. The molecule has 0 aliphatic heterocycles. The summed E-state index contributed by atoms with van der Waals surface area (Å²) in [6.07, 6.45) is 0. The van der Waals surface area contributed by atoms with E-state index in [9.17, 15) is 0 Å². The molecule has 0 atom stereocenters. The first-order chi connectivity index (χ1) is 11.5. The lowest BCUT2D eigenvalue weighted by Crippen LogP contribution is -2.03. The number of rotatable bonds is 4. The van der Waals surface area contributed by atoms with Crippen molar-refractivity contribution in [3.05, 3.63) is 69.8 Å². The van der Waals surface area contributed by atoms with Crippen molar-refractivity contribution in [1.82, 2.24) is 9.97 Å². The summed E-state index contributed by atoms with van der Waals surface area (Å²) in [6.45, 7) is 6.12. The zero-order valence-corrected chi connectivity index (χ0v) is 15.5. The number of nitrogens with zero attached hydrogens (tertiary/aromatic N) is 2. The van der Waals surface area contributed by atoms with Crippen LogP contribution >= 0.6 is 15.9 Å². The number of aromatic nitrogens is 2. The lowest BCUT2D eigenvalue weighted by atomic mass is 10.1. The van der Waals surface area contributed by atoms with E-state index in [-0.39, 0.29) is 0 Å². The van der Waals surface area contributed by atoms with Crippen LogP contribution in [0.4, 0.5) is 23.1 Å². The van der Waals surface area contributed by atoms with Gasteiger partial charge in [0, 0.05) is 27.6 Å². The summed E-state index contributed by atoms with van der Waals surface area (Å²) in [7, 11) is 0. The first-order valence-electron chi connectivity index (χ1n) is 7.72. The van der Waals surface area contributed by atoms with E-state index in [0.717, 1.165) is 27.4 Å². The molecule has 2 N–H and O–H groups in total. The maximum Gasteiger partial charge on any atom is 0.229 e. The van der Waals surface area contributed by atoms with E-state index >= 15 is 0 Å². The van der Waals surface area contributed by atoms with Crippen molar-refractivity contribution >= 4 is 39.1 Å². The highest BCUT2D eigenvalue weighted by Gasteiger charge is 2.06. The number of hydrogen-bond acceptors (Lipinski definition) is 4. The van der Waals surface area contributed by atoms with Crippen LogP contribution in [0.2, 0.25) is 0 Å². The van der Waals surface area contributed by atoms with Crippen molar-refractivity contribution in [1.29, 1.82) is 0 Å². The summed E-state index contributed by atoms with van der Waals surface area (Å²) in [6, 6.07) is 16.2. The average Bonchev–Trinajstić information content (AvgIpc) is 2.49. The molecule has 0 bridgehead atoms. The normalized spacial score (nSPS) is 10.5. The zero-order valence-electron chi connectivity index (χ0n) is 13.9. The summed E-state index contributed by atoms with van der Waals surface area (Å²) in [5, 5.41) is 6.62. The summed E-state index contributed by atoms with van der Waals surface area (Å²) < 4.78 is 1.02. The van der Waals surface area contributed by atoms with E-state index in [2.05, 4.69) is 68.6 Å². The van der Waals surface area contributed by atoms with Gasteiger partial charge in [-0.1, -0.05) is 39.7 Å². The minimum Gasteiger partial charge on any atom is -0.340 e. The Morgan fingerprint density at radius 1 is 0.875 bits per heavy atom. The van der Waals surface area contributed by atoms with Crippen molar-refractivity contribution in [3.63, 3.8) is 0 Å². The third-order valence-corrected chi connectivity index (χ3v) is 4.07. The van der Waals surface area contributed by atoms with Gasteiger partial charge in [-0.15, -0.1) is 0 Å². The SMILES string of the molecule is Cc1ccc(Nc2nc(C)cc(Nc3cccc(Br)c3)n2)c(C)c1. The van der Waals surface area contributed by atoms with E-state index in [1.165, 1.54) is 11.1 Å². The highest BCUT2D eigenvalue weighted by atomic mass is 79.9. The smallest absolute Gasteiger partial charge is 0.229 e. The molecular weight excluding hydrogens is 364 g/mol. The number of aryl methyl sites for hydroxylation is 3. The molecule has 4 nitrogen and oxygen atoms in total. The molecule has 0 amide bonds. The van der Waals surface area contributed by atoms with Gasteiger partial charge >= 0.3 is 0 Å². The predicted octanol–water partition coefficient (Wildman–Crippen LogP) is 5.65. The van der Waals surface area contributed by atoms with Crippen LogP contribution in [0.1, 0.15) is 16.8 Å². The second kappa shape index (κ2) is 7.01. The third-order valence-electron chi connectivity index (χ3n) is 3.58.